The summed E-state index contributed by atoms with van der Waals surface area (Å²) in [6.45, 7) is 1.29. The molecule has 0 aliphatic heterocycles. The number of aliphatic carboxylic acids is 1. The van der Waals surface area contributed by atoms with Gasteiger partial charge in [0.1, 0.15) is 0 Å². The zero-order chi connectivity index (χ0) is 13.2. The number of nitro groups is 1. The van der Waals surface area contributed by atoms with Crippen LogP contribution in [0.4, 0.5) is 14.5 Å². The van der Waals surface area contributed by atoms with Crippen molar-refractivity contribution < 1.29 is 23.6 Å². The molecule has 5 nitrogen and oxygen atoms in total. The van der Waals surface area contributed by atoms with Gasteiger partial charge in [-0.1, -0.05) is 6.92 Å². The van der Waals surface area contributed by atoms with E-state index < -0.39 is 40.1 Å². The van der Waals surface area contributed by atoms with E-state index in [9.17, 15) is 23.7 Å². The minimum Gasteiger partial charge on any atom is -0.479 e. The lowest BCUT2D eigenvalue weighted by Gasteiger charge is -2.18. The molecule has 0 aliphatic carbocycles. The number of nitrogens with zero attached hydrogens (tertiary/aromatic N) is 1. The van der Waals surface area contributed by atoms with Gasteiger partial charge in [-0.05, 0) is 18.6 Å². The lowest BCUT2D eigenvalue weighted by molar-refractivity contribution is -0.387. The van der Waals surface area contributed by atoms with Crippen LogP contribution in [0.1, 0.15) is 18.9 Å². The van der Waals surface area contributed by atoms with Gasteiger partial charge in [-0.3, -0.25) is 10.1 Å². The Kier molecular flexibility index (Phi) is 3.40. The lowest BCUT2D eigenvalue weighted by Crippen LogP contribution is -2.30. The highest BCUT2D eigenvalue weighted by atomic mass is 19.1. The number of halogens is 2. The number of benzene rings is 1. The molecule has 0 saturated carbocycles. The number of carboxylic acid groups (broad SMARTS) is 1. The van der Waals surface area contributed by atoms with Crippen LogP contribution in [-0.2, 0) is 10.5 Å². The molecule has 1 aromatic carbocycles. The number of alkyl halides is 1. The van der Waals surface area contributed by atoms with E-state index in [1.165, 1.54) is 6.92 Å². The number of nitro benzene ring substituents is 1. The SMILES string of the molecule is CCC(F)(C(=O)O)c1ccc([N+](=O)[O-])c(F)c1. The summed E-state index contributed by atoms with van der Waals surface area (Å²) >= 11 is 0. The highest BCUT2D eigenvalue weighted by molar-refractivity contribution is 5.79. The maximum absolute atomic E-state index is 14.0. The zero-order valence-electron chi connectivity index (χ0n) is 8.81. The van der Waals surface area contributed by atoms with Crippen LogP contribution in [0.25, 0.3) is 0 Å². The smallest absolute Gasteiger partial charge is 0.346 e. The molecule has 0 aliphatic rings. The third-order valence-corrected chi connectivity index (χ3v) is 2.43. The Labute approximate surface area is 94.8 Å². The summed E-state index contributed by atoms with van der Waals surface area (Å²) in [6, 6.07) is 2.19. The summed E-state index contributed by atoms with van der Waals surface area (Å²) in [5, 5.41) is 19.1. The van der Waals surface area contributed by atoms with Crippen LogP contribution in [0.5, 0.6) is 0 Å². The second-order valence-electron chi connectivity index (χ2n) is 3.38. The van der Waals surface area contributed by atoms with Crippen LogP contribution in [0.3, 0.4) is 0 Å². The zero-order valence-corrected chi connectivity index (χ0v) is 8.81. The summed E-state index contributed by atoms with van der Waals surface area (Å²) in [6.07, 6.45) is -0.403. The first-order valence-electron chi connectivity index (χ1n) is 4.69. The van der Waals surface area contributed by atoms with Crippen molar-refractivity contribution in [2.75, 3.05) is 0 Å². The molecule has 1 atom stereocenters. The summed E-state index contributed by atoms with van der Waals surface area (Å²) in [5.74, 6) is -3.02. The topological polar surface area (TPSA) is 80.4 Å². The maximum atomic E-state index is 14.0. The van der Waals surface area contributed by atoms with Gasteiger partial charge in [-0.25, -0.2) is 9.18 Å². The van der Waals surface area contributed by atoms with Crippen molar-refractivity contribution in [1.82, 2.24) is 0 Å². The predicted octanol–water partition coefficient (Wildman–Crippen LogP) is 2.39. The van der Waals surface area contributed by atoms with E-state index in [4.69, 9.17) is 5.11 Å². The van der Waals surface area contributed by atoms with Crippen LogP contribution >= 0.6 is 0 Å². The molecule has 92 valence electrons. The van der Waals surface area contributed by atoms with Crippen molar-refractivity contribution in [1.29, 1.82) is 0 Å². The number of carbonyl (C=O) groups is 1. The van der Waals surface area contributed by atoms with E-state index in [0.29, 0.717) is 6.07 Å². The average Bonchev–Trinajstić information content (AvgIpc) is 2.26. The van der Waals surface area contributed by atoms with Crippen molar-refractivity contribution in [3.05, 3.63) is 39.7 Å². The molecule has 7 heteroatoms. The van der Waals surface area contributed by atoms with Crippen molar-refractivity contribution in [2.45, 2.75) is 19.0 Å². The Morgan fingerprint density at radius 1 is 1.59 bits per heavy atom. The second kappa shape index (κ2) is 4.44. The number of carboxylic acids is 1. The third kappa shape index (κ3) is 2.22. The minimum atomic E-state index is -2.74. The van der Waals surface area contributed by atoms with Gasteiger partial charge in [0, 0.05) is 11.6 Å². The Balaban J connectivity index is 3.30. The largest absolute Gasteiger partial charge is 0.479 e. The van der Waals surface area contributed by atoms with E-state index in [-0.39, 0.29) is 0 Å². The van der Waals surface area contributed by atoms with Crippen molar-refractivity contribution in [2.24, 2.45) is 0 Å². The summed E-state index contributed by atoms with van der Waals surface area (Å²) < 4.78 is 27.2. The highest BCUT2D eigenvalue weighted by Crippen LogP contribution is 2.32. The monoisotopic (exact) mass is 245 g/mol. The molecule has 1 N–H and O–H groups in total. The molecule has 0 spiro atoms. The van der Waals surface area contributed by atoms with Gasteiger partial charge in [0.05, 0.1) is 4.92 Å². The highest BCUT2D eigenvalue weighted by Gasteiger charge is 2.39. The van der Waals surface area contributed by atoms with E-state index >= 15 is 0 Å². The van der Waals surface area contributed by atoms with Crippen molar-refractivity contribution in [3.8, 4) is 0 Å². The molecule has 1 unspecified atom stereocenters. The Hall–Kier alpha value is -2.05. The van der Waals surface area contributed by atoms with Gasteiger partial charge >= 0.3 is 11.7 Å². The van der Waals surface area contributed by atoms with Crippen molar-refractivity contribution >= 4 is 11.7 Å². The first-order valence-corrected chi connectivity index (χ1v) is 4.69. The Morgan fingerprint density at radius 3 is 2.53 bits per heavy atom. The fraction of sp³-hybridized carbons (Fsp3) is 0.300. The average molecular weight is 245 g/mol. The van der Waals surface area contributed by atoms with Gasteiger partial charge < -0.3 is 5.11 Å². The summed E-state index contributed by atoms with van der Waals surface area (Å²) in [4.78, 5) is 20.1. The van der Waals surface area contributed by atoms with E-state index in [1.807, 2.05) is 0 Å². The van der Waals surface area contributed by atoms with Crippen LogP contribution in [0.2, 0.25) is 0 Å². The predicted molar refractivity (Wildman–Crippen MR) is 53.8 cm³/mol. The van der Waals surface area contributed by atoms with Crippen LogP contribution < -0.4 is 0 Å². The standard InChI is InChI=1S/C10H9F2NO4/c1-2-10(12,9(14)15)6-3-4-8(13(16)17)7(11)5-6/h3-5H,2H2,1H3,(H,14,15). The van der Waals surface area contributed by atoms with Gasteiger partial charge in [-0.15, -0.1) is 0 Å². The molecule has 17 heavy (non-hydrogen) atoms. The molecule has 0 fully saturated rings. The van der Waals surface area contributed by atoms with E-state index in [0.717, 1.165) is 12.1 Å². The van der Waals surface area contributed by atoms with Crippen LogP contribution in [0.15, 0.2) is 18.2 Å². The first kappa shape index (κ1) is 13.0. The molecule has 0 radical (unpaired) electrons. The molecular formula is C10H9F2NO4. The number of hydrogen-bond donors (Lipinski definition) is 1. The third-order valence-electron chi connectivity index (χ3n) is 2.43. The van der Waals surface area contributed by atoms with Crippen LogP contribution in [-0.4, -0.2) is 16.0 Å². The lowest BCUT2D eigenvalue weighted by atomic mass is 9.93. The Morgan fingerprint density at radius 2 is 2.18 bits per heavy atom. The van der Waals surface area contributed by atoms with Gasteiger partial charge in [-0.2, -0.15) is 4.39 Å². The van der Waals surface area contributed by atoms with Gasteiger partial charge in [0.25, 0.3) is 0 Å². The first-order chi connectivity index (χ1) is 7.82. The molecule has 0 bridgehead atoms. The van der Waals surface area contributed by atoms with E-state index in [2.05, 4.69) is 0 Å². The number of hydrogen-bond acceptors (Lipinski definition) is 3. The summed E-state index contributed by atoms with van der Waals surface area (Å²) in [7, 11) is 0. The normalized spacial score (nSPS) is 14.1. The van der Waals surface area contributed by atoms with Crippen LogP contribution in [0, 0.1) is 15.9 Å². The molecule has 0 heterocycles. The van der Waals surface area contributed by atoms with Gasteiger partial charge in [0.15, 0.2) is 0 Å². The fourth-order valence-electron chi connectivity index (χ4n) is 1.38. The molecule has 0 saturated heterocycles. The molecule has 0 amide bonds. The molecule has 1 rings (SSSR count). The molecule has 0 aromatic heterocycles. The molecular weight excluding hydrogens is 236 g/mol. The summed E-state index contributed by atoms with van der Waals surface area (Å²) in [5.41, 5.74) is -4.01. The van der Waals surface area contributed by atoms with Crippen molar-refractivity contribution in [3.63, 3.8) is 0 Å². The van der Waals surface area contributed by atoms with E-state index in [1.54, 1.807) is 0 Å². The molecule has 1 aromatic rings. The number of rotatable bonds is 4. The fourth-order valence-corrected chi connectivity index (χ4v) is 1.38. The second-order valence-corrected chi connectivity index (χ2v) is 3.38. The quantitative estimate of drug-likeness (QED) is 0.652. The maximum Gasteiger partial charge on any atom is 0.346 e. The Bertz CT molecular complexity index is 477. The van der Waals surface area contributed by atoms with Gasteiger partial charge in [0.2, 0.25) is 11.5 Å². The minimum absolute atomic E-state index is 0.403.